The van der Waals surface area contributed by atoms with Crippen molar-refractivity contribution in [2.45, 2.75) is 16.7 Å². The largest absolute Gasteiger partial charge is 0.339 e. The normalized spacial score (nSPS) is 12.2. The van der Waals surface area contributed by atoms with E-state index < -0.39 is 53.0 Å². The Morgan fingerprint density at radius 2 is 1.68 bits per heavy atom. The predicted molar refractivity (Wildman–Crippen MR) is 139 cm³/mol. The lowest BCUT2D eigenvalue weighted by Gasteiger charge is -2.11. The fourth-order valence-corrected chi connectivity index (χ4v) is 4.91. The summed E-state index contributed by atoms with van der Waals surface area (Å²) >= 11 is 5.77. The third-order valence-electron chi connectivity index (χ3n) is 5.08. The first-order valence-corrected chi connectivity index (χ1v) is 13.9. The number of nitrogens with zero attached hydrogens (tertiary/aromatic N) is 4. The SMILES string of the molecule is CC(=O)Nc1cc(Nc2nc(F)nc(F)c2Cl)ccc1/N=N/c1ccc2cc(S(=O)(=O)O)cc(S(=O)(=O)O)c2c1. The van der Waals surface area contributed by atoms with Crippen LogP contribution in [0.25, 0.3) is 10.8 Å². The first-order valence-electron chi connectivity index (χ1n) is 10.6. The molecular formula is C22H15ClF2N6O7S2. The second-order valence-electron chi connectivity index (χ2n) is 7.96. The molecule has 4 aromatic rings. The Balaban J connectivity index is 1.74. The van der Waals surface area contributed by atoms with Gasteiger partial charge in [0.15, 0.2) is 5.82 Å². The average Bonchev–Trinajstić information content (AvgIpc) is 2.84. The molecule has 0 aliphatic heterocycles. The maximum Gasteiger partial charge on any atom is 0.313 e. The molecule has 13 nitrogen and oxygen atoms in total. The van der Waals surface area contributed by atoms with Gasteiger partial charge in [0.2, 0.25) is 11.9 Å². The number of fused-ring (bicyclic) bond motifs is 1. The molecule has 4 rings (SSSR count). The molecule has 0 saturated heterocycles. The number of aromatic nitrogens is 2. The summed E-state index contributed by atoms with van der Waals surface area (Å²) in [4.78, 5) is 16.5. The third-order valence-corrected chi connectivity index (χ3v) is 7.14. The van der Waals surface area contributed by atoms with E-state index in [1.165, 1.54) is 43.3 Å². The number of amides is 1. The predicted octanol–water partition coefficient (Wildman–Crippen LogP) is 5.17. The summed E-state index contributed by atoms with van der Waals surface area (Å²) in [7, 11) is -9.71. The lowest BCUT2D eigenvalue weighted by atomic mass is 10.1. The van der Waals surface area contributed by atoms with Crippen molar-refractivity contribution in [3.05, 3.63) is 65.6 Å². The summed E-state index contributed by atoms with van der Waals surface area (Å²) in [5.41, 5.74) is 0.459. The number of azo groups is 1. The molecule has 1 aromatic heterocycles. The topological polar surface area (TPSA) is 200 Å². The van der Waals surface area contributed by atoms with Gasteiger partial charge >= 0.3 is 6.08 Å². The lowest BCUT2D eigenvalue weighted by Crippen LogP contribution is -2.07. The second-order valence-corrected chi connectivity index (χ2v) is 11.2. The highest BCUT2D eigenvalue weighted by atomic mass is 35.5. The monoisotopic (exact) mass is 612 g/mol. The number of rotatable bonds is 7. The number of hydrogen-bond donors (Lipinski definition) is 4. The molecule has 0 unspecified atom stereocenters. The number of benzene rings is 3. The van der Waals surface area contributed by atoms with Crippen LogP contribution in [0.5, 0.6) is 0 Å². The Hall–Kier alpha value is -4.16. The van der Waals surface area contributed by atoms with Gasteiger partial charge < -0.3 is 10.6 Å². The van der Waals surface area contributed by atoms with Crippen LogP contribution in [0.2, 0.25) is 5.02 Å². The molecule has 0 saturated carbocycles. The van der Waals surface area contributed by atoms with Crippen molar-refractivity contribution in [3.8, 4) is 0 Å². The Labute approximate surface area is 229 Å². The van der Waals surface area contributed by atoms with Crippen LogP contribution in [0.1, 0.15) is 6.92 Å². The van der Waals surface area contributed by atoms with Gasteiger partial charge in [0.05, 0.1) is 16.3 Å². The number of halogens is 3. The Morgan fingerprint density at radius 3 is 2.33 bits per heavy atom. The summed E-state index contributed by atoms with van der Waals surface area (Å²) in [5.74, 6) is -2.16. The van der Waals surface area contributed by atoms with E-state index in [0.29, 0.717) is 6.07 Å². The van der Waals surface area contributed by atoms with Crippen molar-refractivity contribution >= 4 is 77.1 Å². The van der Waals surface area contributed by atoms with Gasteiger partial charge in [-0.3, -0.25) is 13.9 Å². The molecule has 0 aliphatic rings. The molecule has 0 atom stereocenters. The maximum absolute atomic E-state index is 13.6. The van der Waals surface area contributed by atoms with Gasteiger partial charge in [-0.1, -0.05) is 17.7 Å². The van der Waals surface area contributed by atoms with E-state index >= 15 is 0 Å². The molecule has 40 heavy (non-hydrogen) atoms. The second kappa shape index (κ2) is 10.8. The van der Waals surface area contributed by atoms with E-state index in [0.717, 1.165) is 6.07 Å². The summed E-state index contributed by atoms with van der Waals surface area (Å²) < 4.78 is 92.9. The fraction of sp³-hybridized carbons (Fsp3) is 0.0455. The van der Waals surface area contributed by atoms with Crippen LogP contribution in [-0.4, -0.2) is 41.8 Å². The molecule has 18 heteroatoms. The van der Waals surface area contributed by atoms with Gasteiger partial charge in [-0.25, -0.2) is 0 Å². The van der Waals surface area contributed by atoms with Crippen LogP contribution < -0.4 is 10.6 Å². The van der Waals surface area contributed by atoms with E-state index in [2.05, 4.69) is 30.8 Å². The van der Waals surface area contributed by atoms with Gasteiger partial charge in [0, 0.05) is 18.0 Å². The highest BCUT2D eigenvalue weighted by Gasteiger charge is 2.21. The number of carbonyl (C=O) groups is 1. The molecule has 0 radical (unpaired) electrons. The molecular weight excluding hydrogens is 598 g/mol. The van der Waals surface area contributed by atoms with Crippen LogP contribution in [-0.2, 0) is 25.0 Å². The molecule has 1 heterocycles. The smallest absolute Gasteiger partial charge is 0.313 e. The molecule has 1 amide bonds. The van der Waals surface area contributed by atoms with Crippen molar-refractivity contribution in [3.63, 3.8) is 0 Å². The number of carbonyl (C=O) groups excluding carboxylic acids is 1. The first kappa shape index (κ1) is 28.8. The summed E-state index contributed by atoms with van der Waals surface area (Å²) in [6.07, 6.45) is -1.36. The average molecular weight is 613 g/mol. The lowest BCUT2D eigenvalue weighted by molar-refractivity contribution is -0.114. The van der Waals surface area contributed by atoms with E-state index in [-0.39, 0.29) is 39.3 Å². The number of hydrogen-bond acceptors (Lipinski definition) is 10. The van der Waals surface area contributed by atoms with E-state index in [4.69, 9.17) is 11.6 Å². The van der Waals surface area contributed by atoms with Gasteiger partial charge in [0.1, 0.15) is 15.6 Å². The quantitative estimate of drug-likeness (QED) is 0.0933. The van der Waals surface area contributed by atoms with Crippen molar-refractivity contribution < 1.29 is 39.5 Å². The van der Waals surface area contributed by atoms with Crippen LogP contribution >= 0.6 is 11.6 Å². The van der Waals surface area contributed by atoms with Gasteiger partial charge in [-0.2, -0.15) is 40.7 Å². The van der Waals surface area contributed by atoms with E-state index in [1.54, 1.807) is 0 Å². The Morgan fingerprint density at radius 1 is 0.950 bits per heavy atom. The molecule has 0 bridgehead atoms. The first-order chi connectivity index (χ1) is 18.6. The van der Waals surface area contributed by atoms with Crippen LogP contribution in [0.4, 0.5) is 37.3 Å². The zero-order valence-corrected chi connectivity index (χ0v) is 22.2. The van der Waals surface area contributed by atoms with Crippen molar-refractivity contribution in [2.24, 2.45) is 10.2 Å². The Kier molecular flexibility index (Phi) is 7.77. The minimum absolute atomic E-state index is 0.0484. The van der Waals surface area contributed by atoms with E-state index in [9.17, 15) is 39.5 Å². The van der Waals surface area contributed by atoms with Crippen LogP contribution in [0.3, 0.4) is 0 Å². The zero-order valence-electron chi connectivity index (χ0n) is 19.8. The molecule has 208 valence electrons. The summed E-state index contributed by atoms with van der Waals surface area (Å²) in [5, 5.41) is 12.5. The minimum atomic E-state index is -4.92. The zero-order chi connectivity index (χ0) is 29.4. The van der Waals surface area contributed by atoms with Gasteiger partial charge in [-0.15, -0.1) is 5.11 Å². The highest BCUT2D eigenvalue weighted by molar-refractivity contribution is 7.86. The van der Waals surface area contributed by atoms with E-state index in [1.807, 2.05) is 0 Å². The third kappa shape index (κ3) is 6.52. The fourth-order valence-electron chi connectivity index (χ4n) is 3.43. The van der Waals surface area contributed by atoms with Crippen LogP contribution in [0.15, 0.2) is 68.6 Å². The van der Waals surface area contributed by atoms with Crippen LogP contribution in [0, 0.1) is 12.0 Å². The highest BCUT2D eigenvalue weighted by Crippen LogP contribution is 2.34. The molecule has 4 N–H and O–H groups in total. The molecule has 3 aromatic carbocycles. The summed E-state index contributed by atoms with van der Waals surface area (Å²) in [6, 6.07) is 9.56. The molecule has 0 spiro atoms. The Bertz CT molecular complexity index is 1940. The van der Waals surface area contributed by atoms with Crippen molar-refractivity contribution in [1.29, 1.82) is 0 Å². The maximum atomic E-state index is 13.6. The standard InChI is InChI=1S/C22H15ClF2N6O7S2/c1-10(32)26-17-8-12(27-21-19(23)20(24)28-22(25)29-21)4-5-16(17)31-30-13-3-2-11-6-14(39(33,34)35)9-18(15(11)7-13)40(36,37)38/h2-9H,1H3,(H,26,32)(H,27,28,29)(H,33,34,35)(H,36,37,38)/b31-30+. The van der Waals surface area contributed by atoms with Crippen molar-refractivity contribution in [2.75, 3.05) is 10.6 Å². The van der Waals surface area contributed by atoms with Gasteiger partial charge in [-0.05, 0) is 47.9 Å². The molecule has 0 fully saturated rings. The minimum Gasteiger partial charge on any atom is -0.339 e. The number of nitrogens with one attached hydrogen (secondary N) is 2. The van der Waals surface area contributed by atoms with Gasteiger partial charge in [0.25, 0.3) is 20.2 Å². The molecule has 0 aliphatic carbocycles. The summed E-state index contributed by atoms with van der Waals surface area (Å²) in [6.45, 7) is 1.22. The van der Waals surface area contributed by atoms with Crippen molar-refractivity contribution in [1.82, 2.24) is 9.97 Å². The number of anilines is 3.